The number of aromatic nitrogens is 4. The zero-order valence-corrected chi connectivity index (χ0v) is 15.7. The summed E-state index contributed by atoms with van der Waals surface area (Å²) in [4.78, 5) is 8.57. The molecule has 27 heavy (non-hydrogen) atoms. The van der Waals surface area contributed by atoms with Crippen molar-refractivity contribution in [3.8, 4) is 34.3 Å². The maximum absolute atomic E-state index is 6.47. The summed E-state index contributed by atoms with van der Waals surface area (Å²) in [6.07, 6.45) is 3.80. The fraction of sp³-hybridized carbons (Fsp3) is 0.278. The topological polar surface area (TPSA) is 97.3 Å². The Kier molecular flexibility index (Phi) is 4.49. The van der Waals surface area contributed by atoms with Crippen molar-refractivity contribution in [1.29, 1.82) is 0 Å². The Bertz CT molecular complexity index is 1000. The molecule has 4 rings (SSSR count). The number of hydrogen-bond acceptors (Lipinski definition) is 7. The summed E-state index contributed by atoms with van der Waals surface area (Å²) in [7, 11) is 0. The Labute approximate surface area is 160 Å². The maximum atomic E-state index is 6.47. The van der Waals surface area contributed by atoms with Crippen LogP contribution >= 0.6 is 11.6 Å². The second-order valence-corrected chi connectivity index (χ2v) is 6.19. The van der Waals surface area contributed by atoms with Crippen LogP contribution in [0.2, 0.25) is 5.02 Å². The van der Waals surface area contributed by atoms with Gasteiger partial charge in [-0.05, 0) is 31.0 Å². The lowest BCUT2D eigenvalue weighted by molar-refractivity contribution is 0.174. The Morgan fingerprint density at radius 3 is 2.81 bits per heavy atom. The van der Waals surface area contributed by atoms with Gasteiger partial charge in [-0.1, -0.05) is 18.5 Å². The molecule has 0 radical (unpaired) electrons. The lowest BCUT2D eigenvalue weighted by Gasteiger charge is -2.09. The molecule has 0 spiro atoms. The van der Waals surface area contributed by atoms with Crippen molar-refractivity contribution >= 4 is 17.4 Å². The number of halogens is 1. The van der Waals surface area contributed by atoms with Gasteiger partial charge in [0.1, 0.15) is 5.82 Å². The van der Waals surface area contributed by atoms with Gasteiger partial charge in [-0.15, -0.1) is 0 Å². The van der Waals surface area contributed by atoms with Crippen molar-refractivity contribution in [2.75, 3.05) is 19.1 Å². The smallest absolute Gasteiger partial charge is 0.259 e. The highest BCUT2D eigenvalue weighted by molar-refractivity contribution is 6.32. The van der Waals surface area contributed by atoms with Crippen LogP contribution in [-0.2, 0) is 6.42 Å². The van der Waals surface area contributed by atoms with Gasteiger partial charge in [0.15, 0.2) is 11.5 Å². The van der Waals surface area contributed by atoms with Crippen molar-refractivity contribution in [1.82, 2.24) is 19.7 Å². The lowest BCUT2D eigenvalue weighted by Crippen LogP contribution is -2.08. The molecular weight excluding hydrogens is 370 g/mol. The van der Waals surface area contributed by atoms with E-state index in [4.69, 9.17) is 31.5 Å². The summed E-state index contributed by atoms with van der Waals surface area (Å²) in [6.45, 7) is 4.48. The number of fused-ring (bicyclic) bond motifs is 1. The second kappa shape index (κ2) is 6.96. The number of nitrogens with zero attached hydrogens (tertiary/aromatic N) is 4. The molecule has 0 aliphatic carbocycles. The van der Waals surface area contributed by atoms with E-state index in [1.54, 1.807) is 23.1 Å². The maximum Gasteiger partial charge on any atom is 0.259 e. The first-order valence-electron chi connectivity index (χ1n) is 8.55. The molecule has 140 valence electrons. The standard InChI is InChI=1S/C18H18ClN5O3/c1-3-12-14(10-7-11(19)15-13(8-10)26-9-27-15)16(20)24(23-12)17-18(25-4-2)22-6-5-21-17/h5-8H,3-4,9,20H2,1-2H3. The Morgan fingerprint density at radius 1 is 1.22 bits per heavy atom. The number of hydrogen-bond donors (Lipinski definition) is 1. The number of aryl methyl sites for hydroxylation is 1. The van der Waals surface area contributed by atoms with Gasteiger partial charge in [-0.2, -0.15) is 9.78 Å². The molecule has 0 saturated heterocycles. The Balaban J connectivity index is 1.88. The zero-order chi connectivity index (χ0) is 19.0. The fourth-order valence-corrected chi connectivity index (χ4v) is 3.28. The predicted molar refractivity (Wildman–Crippen MR) is 101 cm³/mol. The van der Waals surface area contributed by atoms with Gasteiger partial charge in [-0.3, -0.25) is 0 Å². The molecule has 1 aromatic carbocycles. The number of nitrogen functional groups attached to an aromatic ring is 1. The SMILES string of the molecule is CCOc1nccnc1-n1nc(CC)c(-c2cc(Cl)c3c(c2)OCO3)c1N. The zero-order valence-electron chi connectivity index (χ0n) is 14.9. The quantitative estimate of drug-likeness (QED) is 0.717. The van der Waals surface area contributed by atoms with E-state index in [0.29, 0.717) is 47.1 Å². The van der Waals surface area contributed by atoms with Crippen LogP contribution in [-0.4, -0.2) is 33.1 Å². The number of ether oxygens (including phenoxy) is 3. The molecule has 0 fully saturated rings. The van der Waals surface area contributed by atoms with Gasteiger partial charge in [0.2, 0.25) is 12.6 Å². The van der Waals surface area contributed by atoms with E-state index in [-0.39, 0.29) is 6.79 Å². The molecule has 2 N–H and O–H groups in total. The Hall–Kier alpha value is -3.00. The minimum absolute atomic E-state index is 0.144. The predicted octanol–water partition coefficient (Wildman–Crippen LogP) is 3.25. The van der Waals surface area contributed by atoms with Crippen LogP contribution in [0.3, 0.4) is 0 Å². The third kappa shape index (κ3) is 2.91. The van der Waals surface area contributed by atoms with Gasteiger partial charge in [-0.25, -0.2) is 9.97 Å². The molecule has 1 aliphatic rings. The van der Waals surface area contributed by atoms with Crippen LogP contribution in [0.1, 0.15) is 19.5 Å². The van der Waals surface area contributed by atoms with Crippen molar-refractivity contribution in [2.45, 2.75) is 20.3 Å². The fourth-order valence-electron chi connectivity index (χ4n) is 3.02. The van der Waals surface area contributed by atoms with E-state index in [2.05, 4.69) is 15.1 Å². The van der Waals surface area contributed by atoms with E-state index in [0.717, 1.165) is 16.8 Å². The summed E-state index contributed by atoms with van der Waals surface area (Å²) in [5.41, 5.74) is 8.83. The second-order valence-electron chi connectivity index (χ2n) is 5.78. The summed E-state index contributed by atoms with van der Waals surface area (Å²) in [5, 5.41) is 5.10. The van der Waals surface area contributed by atoms with Gasteiger partial charge in [0.25, 0.3) is 5.88 Å². The number of benzene rings is 1. The normalized spacial score (nSPS) is 12.4. The third-order valence-corrected chi connectivity index (χ3v) is 4.45. The molecule has 3 aromatic rings. The molecule has 1 aliphatic heterocycles. The van der Waals surface area contributed by atoms with E-state index >= 15 is 0 Å². The van der Waals surface area contributed by atoms with Crippen molar-refractivity contribution < 1.29 is 14.2 Å². The molecule has 0 atom stereocenters. The minimum atomic E-state index is 0.144. The highest BCUT2D eigenvalue weighted by Crippen LogP contribution is 2.44. The lowest BCUT2D eigenvalue weighted by atomic mass is 10.0. The third-order valence-electron chi connectivity index (χ3n) is 4.17. The largest absolute Gasteiger partial charge is 0.475 e. The van der Waals surface area contributed by atoms with Crippen LogP contribution in [0.15, 0.2) is 24.5 Å². The monoisotopic (exact) mass is 387 g/mol. The average Bonchev–Trinajstić information content (AvgIpc) is 3.27. The summed E-state index contributed by atoms with van der Waals surface area (Å²) in [5.74, 6) is 2.35. The first kappa shape index (κ1) is 17.4. The molecule has 3 heterocycles. The summed E-state index contributed by atoms with van der Waals surface area (Å²) < 4.78 is 18.0. The number of nitrogens with two attached hydrogens (primary N) is 1. The molecule has 2 aromatic heterocycles. The van der Waals surface area contributed by atoms with E-state index in [9.17, 15) is 0 Å². The molecule has 0 unspecified atom stereocenters. The summed E-state index contributed by atoms with van der Waals surface area (Å²) in [6, 6.07) is 3.65. The van der Waals surface area contributed by atoms with Gasteiger partial charge < -0.3 is 19.9 Å². The molecule has 8 nitrogen and oxygen atoms in total. The minimum Gasteiger partial charge on any atom is -0.475 e. The highest BCUT2D eigenvalue weighted by atomic mass is 35.5. The van der Waals surface area contributed by atoms with E-state index in [1.165, 1.54) is 0 Å². The first-order valence-corrected chi connectivity index (χ1v) is 8.92. The Morgan fingerprint density at radius 2 is 2.04 bits per heavy atom. The first-order chi connectivity index (χ1) is 13.1. The van der Waals surface area contributed by atoms with Crippen LogP contribution in [0, 0.1) is 0 Å². The van der Waals surface area contributed by atoms with Crippen LogP contribution in [0.4, 0.5) is 5.82 Å². The van der Waals surface area contributed by atoms with Crippen LogP contribution < -0.4 is 19.9 Å². The van der Waals surface area contributed by atoms with Crippen LogP contribution in [0.5, 0.6) is 17.4 Å². The molecule has 0 amide bonds. The molecule has 0 saturated carbocycles. The highest BCUT2D eigenvalue weighted by Gasteiger charge is 2.24. The van der Waals surface area contributed by atoms with Crippen LogP contribution in [0.25, 0.3) is 16.9 Å². The van der Waals surface area contributed by atoms with Crippen molar-refractivity contribution in [3.05, 3.63) is 35.2 Å². The van der Waals surface area contributed by atoms with Gasteiger partial charge in [0.05, 0.1) is 17.3 Å². The molecular formula is C18H18ClN5O3. The summed E-state index contributed by atoms with van der Waals surface area (Å²) >= 11 is 6.35. The van der Waals surface area contributed by atoms with E-state index < -0.39 is 0 Å². The van der Waals surface area contributed by atoms with Crippen molar-refractivity contribution in [3.63, 3.8) is 0 Å². The molecule has 0 bridgehead atoms. The number of anilines is 1. The van der Waals surface area contributed by atoms with Gasteiger partial charge in [0, 0.05) is 18.0 Å². The van der Waals surface area contributed by atoms with E-state index in [1.807, 2.05) is 19.9 Å². The number of rotatable bonds is 5. The van der Waals surface area contributed by atoms with Gasteiger partial charge >= 0.3 is 0 Å². The molecule has 9 heteroatoms. The van der Waals surface area contributed by atoms with Crippen molar-refractivity contribution in [2.24, 2.45) is 0 Å². The average molecular weight is 388 g/mol.